The first-order chi connectivity index (χ1) is 14.6. The summed E-state index contributed by atoms with van der Waals surface area (Å²) in [6.45, 7) is 7.56. The highest BCUT2D eigenvalue weighted by atomic mass is 16.5. The number of hydrogen-bond acceptors (Lipinski definition) is 5. The summed E-state index contributed by atoms with van der Waals surface area (Å²) in [5, 5.41) is 9.91. The molecule has 0 aliphatic rings. The summed E-state index contributed by atoms with van der Waals surface area (Å²) in [5.41, 5.74) is 2.67. The second-order valence-corrected chi connectivity index (χ2v) is 6.73. The Kier molecular flexibility index (Phi) is 7.45. The van der Waals surface area contributed by atoms with E-state index in [-0.39, 0.29) is 5.91 Å². The van der Waals surface area contributed by atoms with Crippen molar-refractivity contribution in [2.45, 2.75) is 13.8 Å². The Morgan fingerprint density at radius 2 is 1.83 bits per heavy atom. The maximum Gasteiger partial charge on any atom is 0.273 e. The van der Waals surface area contributed by atoms with Gasteiger partial charge in [0.25, 0.3) is 5.91 Å². The fraction of sp³-hybridized carbons (Fsp3) is 0.304. The van der Waals surface area contributed by atoms with Crippen LogP contribution >= 0.6 is 0 Å². The minimum Gasteiger partial charge on any atom is -0.493 e. The highest BCUT2D eigenvalue weighted by molar-refractivity contribution is 6.03. The summed E-state index contributed by atoms with van der Waals surface area (Å²) in [5.74, 6) is 0.946. The fourth-order valence-corrected chi connectivity index (χ4v) is 3.09. The van der Waals surface area contributed by atoms with Gasteiger partial charge in [-0.1, -0.05) is 44.2 Å². The number of hydrogen-bond donors (Lipinski definition) is 2. The number of carbonyl (C=O) groups excluding carboxylic acids is 1. The van der Waals surface area contributed by atoms with Gasteiger partial charge in [0.15, 0.2) is 11.5 Å². The summed E-state index contributed by atoms with van der Waals surface area (Å²) < 4.78 is 11.3. The number of nitrogens with zero attached hydrogens (tertiary/aromatic N) is 2. The third kappa shape index (κ3) is 5.39. The van der Waals surface area contributed by atoms with Crippen LogP contribution in [0.1, 0.15) is 24.3 Å². The normalized spacial score (nSPS) is 10.8. The molecule has 30 heavy (non-hydrogen) atoms. The molecule has 0 atom stereocenters. The maximum atomic E-state index is 12.6. The molecule has 1 heterocycles. The van der Waals surface area contributed by atoms with Gasteiger partial charge in [0, 0.05) is 23.9 Å². The minimum atomic E-state index is -0.274. The molecular formula is C23H28N4O3. The third-order valence-electron chi connectivity index (χ3n) is 4.87. The zero-order valence-corrected chi connectivity index (χ0v) is 17.6. The van der Waals surface area contributed by atoms with E-state index in [4.69, 9.17) is 9.47 Å². The van der Waals surface area contributed by atoms with Gasteiger partial charge in [-0.25, -0.2) is 0 Å². The van der Waals surface area contributed by atoms with Gasteiger partial charge < -0.3 is 19.7 Å². The van der Waals surface area contributed by atoms with Gasteiger partial charge in [0.2, 0.25) is 0 Å². The number of benzene rings is 2. The quantitative estimate of drug-likeness (QED) is 0.529. The van der Waals surface area contributed by atoms with E-state index in [1.807, 2.05) is 30.3 Å². The summed E-state index contributed by atoms with van der Waals surface area (Å²) in [4.78, 5) is 14.9. The minimum absolute atomic E-state index is 0.274. The van der Waals surface area contributed by atoms with Crippen molar-refractivity contribution in [2.24, 2.45) is 0 Å². The number of likely N-dealkylation sites (N-methyl/N-ethyl adjacent to an activating group) is 1. The molecule has 3 aromatic rings. The van der Waals surface area contributed by atoms with Gasteiger partial charge in [-0.05, 0) is 31.3 Å². The molecule has 7 nitrogen and oxygen atoms in total. The maximum absolute atomic E-state index is 12.6. The summed E-state index contributed by atoms with van der Waals surface area (Å²) in [6, 6.07) is 16.8. The first-order valence-corrected chi connectivity index (χ1v) is 10.1. The number of rotatable bonds is 10. The number of methoxy groups -OCH3 is 1. The van der Waals surface area contributed by atoms with Crippen LogP contribution in [0.2, 0.25) is 0 Å². The molecule has 3 rings (SSSR count). The van der Waals surface area contributed by atoms with Crippen LogP contribution in [0.25, 0.3) is 11.3 Å². The lowest BCUT2D eigenvalue weighted by Gasteiger charge is -2.19. The predicted molar refractivity (Wildman–Crippen MR) is 118 cm³/mol. The van der Waals surface area contributed by atoms with Crippen LogP contribution in [-0.4, -0.2) is 54.4 Å². The molecule has 0 saturated heterocycles. The lowest BCUT2D eigenvalue weighted by Crippen LogP contribution is -2.28. The molecule has 0 radical (unpaired) electrons. The number of aromatic amines is 1. The molecule has 1 aromatic heterocycles. The number of carbonyl (C=O) groups is 1. The van der Waals surface area contributed by atoms with Crippen LogP contribution < -0.4 is 14.8 Å². The Morgan fingerprint density at radius 1 is 1.07 bits per heavy atom. The van der Waals surface area contributed by atoms with E-state index >= 15 is 0 Å². The van der Waals surface area contributed by atoms with E-state index in [9.17, 15) is 4.79 Å². The van der Waals surface area contributed by atoms with Crippen molar-refractivity contribution in [1.29, 1.82) is 0 Å². The summed E-state index contributed by atoms with van der Waals surface area (Å²) in [6.07, 6.45) is 0. The fourth-order valence-electron chi connectivity index (χ4n) is 3.09. The lowest BCUT2D eigenvalue weighted by atomic mass is 10.1. The van der Waals surface area contributed by atoms with E-state index in [1.165, 1.54) is 0 Å². The average Bonchev–Trinajstić information content (AvgIpc) is 3.28. The van der Waals surface area contributed by atoms with Crippen molar-refractivity contribution in [3.8, 4) is 22.8 Å². The van der Waals surface area contributed by atoms with E-state index < -0.39 is 0 Å². The molecule has 0 aliphatic carbocycles. The average molecular weight is 409 g/mol. The van der Waals surface area contributed by atoms with Crippen LogP contribution in [0.4, 0.5) is 5.69 Å². The molecule has 158 valence electrons. The van der Waals surface area contributed by atoms with Gasteiger partial charge in [-0.3, -0.25) is 9.89 Å². The molecule has 7 heteroatoms. The molecule has 1 amide bonds. The smallest absolute Gasteiger partial charge is 0.273 e. The number of H-pyrrole nitrogens is 1. The van der Waals surface area contributed by atoms with E-state index in [0.717, 1.165) is 30.9 Å². The Balaban J connectivity index is 1.67. The zero-order valence-electron chi connectivity index (χ0n) is 17.6. The lowest BCUT2D eigenvalue weighted by molar-refractivity contribution is 0.102. The van der Waals surface area contributed by atoms with Crippen LogP contribution in [0.5, 0.6) is 11.5 Å². The van der Waals surface area contributed by atoms with Gasteiger partial charge in [-0.2, -0.15) is 5.10 Å². The number of nitrogens with one attached hydrogen (secondary N) is 2. The second kappa shape index (κ2) is 10.5. The van der Waals surface area contributed by atoms with Crippen LogP contribution in [0.3, 0.4) is 0 Å². The van der Waals surface area contributed by atoms with Crippen molar-refractivity contribution >= 4 is 11.6 Å². The third-order valence-corrected chi connectivity index (χ3v) is 4.87. The van der Waals surface area contributed by atoms with Gasteiger partial charge in [0.05, 0.1) is 12.8 Å². The second-order valence-electron chi connectivity index (χ2n) is 6.73. The molecular weight excluding hydrogens is 380 g/mol. The van der Waals surface area contributed by atoms with Crippen molar-refractivity contribution in [3.63, 3.8) is 0 Å². The largest absolute Gasteiger partial charge is 0.493 e. The van der Waals surface area contributed by atoms with Crippen molar-refractivity contribution in [2.75, 3.05) is 38.7 Å². The predicted octanol–water partition coefficient (Wildman–Crippen LogP) is 4.06. The van der Waals surface area contributed by atoms with Crippen LogP contribution in [-0.2, 0) is 0 Å². The van der Waals surface area contributed by atoms with Gasteiger partial charge in [-0.15, -0.1) is 0 Å². The topological polar surface area (TPSA) is 79.5 Å². The van der Waals surface area contributed by atoms with Crippen molar-refractivity contribution in [1.82, 2.24) is 15.1 Å². The molecule has 2 N–H and O–H groups in total. The first-order valence-electron chi connectivity index (χ1n) is 10.1. The molecule has 0 bridgehead atoms. The van der Waals surface area contributed by atoms with E-state index in [0.29, 0.717) is 29.5 Å². The molecule has 2 aromatic carbocycles. The number of ether oxygens (including phenoxy) is 2. The highest BCUT2D eigenvalue weighted by Gasteiger charge is 2.13. The Labute approximate surface area is 177 Å². The Morgan fingerprint density at radius 3 is 2.53 bits per heavy atom. The van der Waals surface area contributed by atoms with Gasteiger partial charge in [0.1, 0.15) is 12.3 Å². The Bertz CT molecular complexity index is 952. The molecule has 0 saturated carbocycles. The SMILES string of the molecule is CCN(CC)CCOc1cc(NC(=O)c2cc(-c3ccccc3)n[nH]2)ccc1OC. The van der Waals surface area contributed by atoms with Crippen LogP contribution in [0, 0.1) is 0 Å². The molecule has 0 aliphatic heterocycles. The number of aromatic nitrogens is 2. The van der Waals surface area contributed by atoms with Crippen LogP contribution in [0.15, 0.2) is 54.6 Å². The van der Waals surface area contributed by atoms with Crippen molar-refractivity contribution < 1.29 is 14.3 Å². The monoisotopic (exact) mass is 408 g/mol. The number of amides is 1. The number of anilines is 1. The zero-order chi connectivity index (χ0) is 21.3. The summed E-state index contributed by atoms with van der Waals surface area (Å²) >= 11 is 0. The molecule has 0 spiro atoms. The summed E-state index contributed by atoms with van der Waals surface area (Å²) in [7, 11) is 1.60. The van der Waals surface area contributed by atoms with E-state index in [1.54, 1.807) is 31.4 Å². The van der Waals surface area contributed by atoms with E-state index in [2.05, 4.69) is 34.3 Å². The molecule has 0 unspecified atom stereocenters. The van der Waals surface area contributed by atoms with Gasteiger partial charge >= 0.3 is 0 Å². The standard InChI is InChI=1S/C23H28N4O3/c1-4-27(5-2)13-14-30-22-15-18(11-12-21(22)29-3)24-23(28)20-16-19(25-26-20)17-9-7-6-8-10-17/h6-12,15-16H,4-5,13-14H2,1-3H3,(H,24,28)(H,25,26). The Hall–Kier alpha value is -3.32. The first kappa shape index (κ1) is 21.4. The highest BCUT2D eigenvalue weighted by Crippen LogP contribution is 2.30. The molecule has 0 fully saturated rings. The van der Waals surface area contributed by atoms with Crippen molar-refractivity contribution in [3.05, 3.63) is 60.3 Å².